The van der Waals surface area contributed by atoms with Gasteiger partial charge < -0.3 is 5.32 Å². The third-order valence-corrected chi connectivity index (χ3v) is 3.76. The van der Waals surface area contributed by atoms with Crippen LogP contribution in [0.5, 0.6) is 0 Å². The summed E-state index contributed by atoms with van der Waals surface area (Å²) in [6, 6.07) is 14.1. The third kappa shape index (κ3) is 3.73. The van der Waals surface area contributed by atoms with E-state index in [2.05, 4.69) is 36.5 Å². The fourth-order valence-corrected chi connectivity index (χ4v) is 2.39. The number of hydrogen-bond acceptors (Lipinski definition) is 1. The van der Waals surface area contributed by atoms with Crippen LogP contribution in [0.4, 0.5) is 0 Å². The maximum Gasteiger partial charge on any atom is 0.0670 e. The van der Waals surface area contributed by atoms with Crippen molar-refractivity contribution in [3.63, 3.8) is 0 Å². The molecule has 2 rings (SSSR count). The molecule has 0 saturated heterocycles. The summed E-state index contributed by atoms with van der Waals surface area (Å²) in [6.07, 6.45) is 1.14. The van der Waals surface area contributed by atoms with Crippen LogP contribution in [0, 0.1) is 0 Å². The van der Waals surface area contributed by atoms with Gasteiger partial charge in [0.05, 0.1) is 10.0 Å². The summed E-state index contributed by atoms with van der Waals surface area (Å²) in [6.45, 7) is 4.07. The van der Waals surface area contributed by atoms with Gasteiger partial charge in [0, 0.05) is 12.1 Å². The smallest absolute Gasteiger partial charge is 0.0670 e. The van der Waals surface area contributed by atoms with Gasteiger partial charge in [-0.2, -0.15) is 0 Å². The van der Waals surface area contributed by atoms with Gasteiger partial charge in [-0.15, -0.1) is 0 Å². The van der Waals surface area contributed by atoms with Crippen LogP contribution in [0.15, 0.2) is 42.5 Å². The molecular formula is C16H17Cl2N. The van der Waals surface area contributed by atoms with Crippen molar-refractivity contribution in [2.24, 2.45) is 0 Å². The van der Waals surface area contributed by atoms with Crippen molar-refractivity contribution in [3.05, 3.63) is 58.1 Å². The number of hydrogen-bond donors (Lipinski definition) is 1. The van der Waals surface area contributed by atoms with Gasteiger partial charge in [0.1, 0.15) is 0 Å². The number of nitrogens with one attached hydrogen (secondary N) is 1. The summed E-state index contributed by atoms with van der Waals surface area (Å²) >= 11 is 12.3. The summed E-state index contributed by atoms with van der Waals surface area (Å²) in [5.41, 5.74) is 3.33. The van der Waals surface area contributed by atoms with Crippen molar-refractivity contribution in [2.45, 2.75) is 19.9 Å². The second kappa shape index (κ2) is 6.95. The molecule has 0 aliphatic heterocycles. The average Bonchev–Trinajstić information content (AvgIpc) is 2.43. The van der Waals surface area contributed by atoms with Crippen LogP contribution >= 0.6 is 23.2 Å². The summed E-state index contributed by atoms with van der Waals surface area (Å²) in [5.74, 6) is 0. The second-order valence-electron chi connectivity index (χ2n) is 4.48. The SMILES string of the molecule is CCCNCc1cccc(-c2cccc(Cl)c2Cl)c1. The van der Waals surface area contributed by atoms with Crippen LogP contribution in [0.25, 0.3) is 11.1 Å². The minimum atomic E-state index is 0.591. The van der Waals surface area contributed by atoms with Crippen LogP contribution in [0.1, 0.15) is 18.9 Å². The van der Waals surface area contributed by atoms with Crippen LogP contribution in [0.2, 0.25) is 10.0 Å². The molecule has 0 fully saturated rings. The van der Waals surface area contributed by atoms with E-state index < -0.39 is 0 Å². The molecule has 0 aromatic heterocycles. The first-order chi connectivity index (χ1) is 9.22. The molecule has 0 unspecified atom stereocenters. The fourth-order valence-electron chi connectivity index (χ4n) is 1.99. The van der Waals surface area contributed by atoms with E-state index in [1.165, 1.54) is 5.56 Å². The fraction of sp³-hybridized carbons (Fsp3) is 0.250. The van der Waals surface area contributed by atoms with Gasteiger partial charge in [0.15, 0.2) is 0 Å². The Morgan fingerprint density at radius 2 is 1.84 bits per heavy atom. The number of halogens is 2. The van der Waals surface area contributed by atoms with E-state index in [-0.39, 0.29) is 0 Å². The molecule has 1 nitrogen and oxygen atoms in total. The topological polar surface area (TPSA) is 12.0 Å². The zero-order valence-electron chi connectivity index (χ0n) is 10.9. The molecule has 0 radical (unpaired) electrons. The van der Waals surface area contributed by atoms with Crippen molar-refractivity contribution >= 4 is 23.2 Å². The van der Waals surface area contributed by atoms with Crippen LogP contribution in [0.3, 0.4) is 0 Å². The van der Waals surface area contributed by atoms with Crippen LogP contribution in [-0.4, -0.2) is 6.54 Å². The molecule has 0 heterocycles. The van der Waals surface area contributed by atoms with E-state index in [0.717, 1.165) is 30.6 Å². The zero-order chi connectivity index (χ0) is 13.7. The summed E-state index contributed by atoms with van der Waals surface area (Å²) in [4.78, 5) is 0. The zero-order valence-corrected chi connectivity index (χ0v) is 12.4. The third-order valence-electron chi connectivity index (χ3n) is 2.95. The van der Waals surface area contributed by atoms with E-state index >= 15 is 0 Å². The minimum absolute atomic E-state index is 0.591. The molecule has 1 N–H and O–H groups in total. The molecule has 19 heavy (non-hydrogen) atoms. The van der Waals surface area contributed by atoms with Gasteiger partial charge in [0.2, 0.25) is 0 Å². The Kier molecular flexibility index (Phi) is 5.26. The first-order valence-electron chi connectivity index (χ1n) is 6.46. The Hall–Kier alpha value is -1.02. The Labute approximate surface area is 124 Å². The molecule has 0 atom stereocenters. The molecule has 2 aromatic rings. The molecular weight excluding hydrogens is 277 g/mol. The molecule has 0 aliphatic rings. The summed E-state index contributed by atoms with van der Waals surface area (Å²) in [5, 5.41) is 4.60. The molecule has 2 aromatic carbocycles. The lowest BCUT2D eigenvalue weighted by molar-refractivity contribution is 0.675. The molecule has 0 amide bonds. The molecule has 3 heteroatoms. The average molecular weight is 294 g/mol. The van der Waals surface area contributed by atoms with E-state index in [4.69, 9.17) is 23.2 Å². The van der Waals surface area contributed by atoms with Crippen molar-refractivity contribution in [3.8, 4) is 11.1 Å². The Morgan fingerprint density at radius 1 is 1.05 bits per heavy atom. The van der Waals surface area contributed by atoms with Crippen LogP contribution in [-0.2, 0) is 6.54 Å². The first-order valence-corrected chi connectivity index (χ1v) is 7.22. The second-order valence-corrected chi connectivity index (χ2v) is 5.26. The van der Waals surface area contributed by atoms with Crippen molar-refractivity contribution in [1.29, 1.82) is 0 Å². The highest BCUT2D eigenvalue weighted by Crippen LogP contribution is 2.33. The minimum Gasteiger partial charge on any atom is -0.313 e. The molecule has 0 saturated carbocycles. The highest BCUT2D eigenvalue weighted by Gasteiger charge is 2.07. The molecule has 100 valence electrons. The van der Waals surface area contributed by atoms with Crippen molar-refractivity contribution < 1.29 is 0 Å². The molecule has 0 bridgehead atoms. The Bertz CT molecular complexity index is 552. The standard InChI is InChI=1S/C16H17Cl2N/c1-2-9-19-11-12-5-3-6-13(10-12)14-7-4-8-15(17)16(14)18/h3-8,10,19H,2,9,11H2,1H3. The predicted octanol–water partition coefficient (Wildman–Crippen LogP) is 5.16. The number of benzene rings is 2. The molecule has 0 aliphatic carbocycles. The van der Waals surface area contributed by atoms with E-state index in [1.807, 2.05) is 12.1 Å². The number of rotatable bonds is 5. The van der Waals surface area contributed by atoms with Gasteiger partial charge in [0.25, 0.3) is 0 Å². The van der Waals surface area contributed by atoms with Gasteiger partial charge in [-0.05, 0) is 36.2 Å². The van der Waals surface area contributed by atoms with Crippen molar-refractivity contribution in [1.82, 2.24) is 5.32 Å². The largest absolute Gasteiger partial charge is 0.313 e. The Morgan fingerprint density at radius 3 is 2.63 bits per heavy atom. The summed E-state index contributed by atoms with van der Waals surface area (Å²) in [7, 11) is 0. The van der Waals surface area contributed by atoms with E-state index in [0.29, 0.717) is 10.0 Å². The first kappa shape index (κ1) is 14.4. The van der Waals surface area contributed by atoms with E-state index in [1.54, 1.807) is 6.07 Å². The lowest BCUT2D eigenvalue weighted by Crippen LogP contribution is -2.13. The van der Waals surface area contributed by atoms with Crippen LogP contribution < -0.4 is 5.32 Å². The lowest BCUT2D eigenvalue weighted by Gasteiger charge is -2.09. The maximum atomic E-state index is 6.26. The Balaban J connectivity index is 2.25. The van der Waals surface area contributed by atoms with Gasteiger partial charge in [-0.1, -0.05) is 60.5 Å². The monoisotopic (exact) mass is 293 g/mol. The summed E-state index contributed by atoms with van der Waals surface area (Å²) < 4.78 is 0. The maximum absolute atomic E-state index is 6.26. The van der Waals surface area contributed by atoms with Gasteiger partial charge >= 0.3 is 0 Å². The highest BCUT2D eigenvalue weighted by atomic mass is 35.5. The lowest BCUT2D eigenvalue weighted by atomic mass is 10.0. The molecule has 0 spiro atoms. The predicted molar refractivity (Wildman–Crippen MR) is 83.9 cm³/mol. The van der Waals surface area contributed by atoms with Gasteiger partial charge in [-0.25, -0.2) is 0 Å². The van der Waals surface area contributed by atoms with E-state index in [9.17, 15) is 0 Å². The normalized spacial score (nSPS) is 10.7. The van der Waals surface area contributed by atoms with Crippen molar-refractivity contribution in [2.75, 3.05) is 6.54 Å². The highest BCUT2D eigenvalue weighted by molar-refractivity contribution is 6.43. The van der Waals surface area contributed by atoms with Gasteiger partial charge in [-0.3, -0.25) is 0 Å². The quantitative estimate of drug-likeness (QED) is 0.751.